The van der Waals surface area contributed by atoms with Gasteiger partial charge in [-0.15, -0.1) is 0 Å². The largest absolute Gasteiger partial charge is 0.497 e. The molecule has 0 aromatic heterocycles. The maximum absolute atomic E-state index is 13.2. The first kappa shape index (κ1) is 33.5. The quantitative estimate of drug-likeness (QED) is 0.122. The Kier molecular flexibility index (Phi) is 10.1. The molecule has 5 aromatic rings. The molecule has 0 fully saturated rings. The first-order valence-electron chi connectivity index (χ1n) is 16.8. The Balaban J connectivity index is 1.51. The van der Waals surface area contributed by atoms with E-state index >= 15 is 0 Å². The molecule has 0 bridgehead atoms. The van der Waals surface area contributed by atoms with E-state index in [1.165, 1.54) is 7.11 Å². The van der Waals surface area contributed by atoms with Crippen molar-refractivity contribution in [2.24, 2.45) is 0 Å². The highest BCUT2D eigenvalue weighted by Gasteiger charge is 2.33. The lowest BCUT2D eigenvalue weighted by Crippen LogP contribution is -2.24. The standard InChI is InChI=1S/C42H44N2O5/c1-7-43(8-2)31-17-22-36-40(24-31)49-39-23-28(3)38(25-37(39)41(36)34-11-9-10-12-35(34)42(45)48-6)44(26-29-13-18-32(46-4)19-14-29)27-30-15-20-33(47-5)21-16-30/h9-25,41H,7-8,26-27H2,1-6H3. The third kappa shape index (κ3) is 6.93. The minimum atomic E-state index is -0.363. The Labute approximate surface area is 289 Å². The molecule has 0 saturated heterocycles. The van der Waals surface area contributed by atoms with Crippen molar-refractivity contribution in [3.05, 3.63) is 142 Å². The van der Waals surface area contributed by atoms with E-state index in [0.29, 0.717) is 18.7 Å². The molecular weight excluding hydrogens is 612 g/mol. The van der Waals surface area contributed by atoms with Crippen molar-refractivity contribution in [3.8, 4) is 23.0 Å². The van der Waals surface area contributed by atoms with Gasteiger partial charge in [-0.3, -0.25) is 0 Å². The number of rotatable bonds is 12. The SMILES string of the molecule is CCN(CC)c1ccc2c(c1)Oc1cc(C)c(N(Cc3ccc(OC)cc3)Cc3ccc(OC)cc3)cc1C2c1ccccc1C(=O)OC. The van der Waals surface area contributed by atoms with Crippen molar-refractivity contribution < 1.29 is 23.7 Å². The van der Waals surface area contributed by atoms with Gasteiger partial charge in [-0.1, -0.05) is 48.5 Å². The van der Waals surface area contributed by atoms with Crippen molar-refractivity contribution in [1.29, 1.82) is 0 Å². The average molecular weight is 657 g/mol. The van der Waals surface area contributed by atoms with E-state index in [9.17, 15) is 4.79 Å². The van der Waals surface area contributed by atoms with Gasteiger partial charge in [-0.2, -0.15) is 0 Å². The molecule has 49 heavy (non-hydrogen) atoms. The normalized spacial score (nSPS) is 13.1. The number of anilines is 2. The van der Waals surface area contributed by atoms with Gasteiger partial charge in [0.2, 0.25) is 0 Å². The maximum atomic E-state index is 13.2. The van der Waals surface area contributed by atoms with Crippen LogP contribution < -0.4 is 24.0 Å². The van der Waals surface area contributed by atoms with E-state index in [4.69, 9.17) is 18.9 Å². The molecule has 0 N–H and O–H groups in total. The zero-order valence-corrected chi connectivity index (χ0v) is 29.2. The Morgan fingerprint density at radius 2 is 1.27 bits per heavy atom. The minimum Gasteiger partial charge on any atom is -0.497 e. The number of carbonyl (C=O) groups excluding carboxylic acids is 1. The first-order chi connectivity index (χ1) is 23.9. The second kappa shape index (κ2) is 14.8. The summed E-state index contributed by atoms with van der Waals surface area (Å²) >= 11 is 0. The minimum absolute atomic E-state index is 0.261. The molecular formula is C42H44N2O5. The molecule has 0 spiro atoms. The van der Waals surface area contributed by atoms with Gasteiger partial charge in [0.25, 0.3) is 0 Å². The van der Waals surface area contributed by atoms with Crippen LogP contribution >= 0.6 is 0 Å². The lowest BCUT2D eigenvalue weighted by Gasteiger charge is -2.34. The molecule has 7 heteroatoms. The summed E-state index contributed by atoms with van der Waals surface area (Å²) in [6.45, 7) is 9.56. The lowest BCUT2D eigenvalue weighted by molar-refractivity contribution is 0.0599. The number of esters is 1. The molecule has 0 aliphatic carbocycles. The molecule has 5 aromatic carbocycles. The van der Waals surface area contributed by atoms with Gasteiger partial charge in [-0.05, 0) is 91.6 Å². The molecule has 6 rings (SSSR count). The molecule has 1 heterocycles. The van der Waals surface area contributed by atoms with Gasteiger partial charge in [-0.25, -0.2) is 4.79 Å². The van der Waals surface area contributed by atoms with E-state index in [-0.39, 0.29) is 11.9 Å². The van der Waals surface area contributed by atoms with Gasteiger partial charge >= 0.3 is 5.97 Å². The van der Waals surface area contributed by atoms with Crippen LogP contribution in [-0.4, -0.2) is 40.4 Å². The summed E-state index contributed by atoms with van der Waals surface area (Å²) in [5.41, 5.74) is 9.00. The molecule has 252 valence electrons. The first-order valence-corrected chi connectivity index (χ1v) is 16.8. The summed E-state index contributed by atoms with van der Waals surface area (Å²) in [4.78, 5) is 17.9. The number of hydrogen-bond donors (Lipinski definition) is 0. The Morgan fingerprint density at radius 3 is 1.84 bits per heavy atom. The number of fused-ring (bicyclic) bond motifs is 2. The smallest absolute Gasteiger partial charge is 0.338 e. The van der Waals surface area contributed by atoms with Crippen molar-refractivity contribution in [2.75, 3.05) is 44.2 Å². The van der Waals surface area contributed by atoms with Crippen LogP contribution in [0.15, 0.2) is 103 Å². The predicted molar refractivity (Wildman–Crippen MR) is 196 cm³/mol. The van der Waals surface area contributed by atoms with Crippen LogP contribution in [0.1, 0.15) is 63.5 Å². The number of hydrogen-bond acceptors (Lipinski definition) is 7. The molecule has 1 aliphatic rings. The summed E-state index contributed by atoms with van der Waals surface area (Å²) < 4.78 is 22.9. The summed E-state index contributed by atoms with van der Waals surface area (Å²) in [7, 11) is 4.79. The zero-order chi connectivity index (χ0) is 34.5. The van der Waals surface area contributed by atoms with Crippen molar-refractivity contribution in [2.45, 2.75) is 39.8 Å². The van der Waals surface area contributed by atoms with Crippen molar-refractivity contribution in [3.63, 3.8) is 0 Å². The van der Waals surface area contributed by atoms with Crippen molar-refractivity contribution >= 4 is 17.3 Å². The third-order valence-electron chi connectivity index (χ3n) is 9.38. The molecule has 1 aliphatic heterocycles. The van der Waals surface area contributed by atoms with Crippen molar-refractivity contribution in [1.82, 2.24) is 0 Å². The van der Waals surface area contributed by atoms with Crippen LogP contribution in [0.5, 0.6) is 23.0 Å². The van der Waals surface area contributed by atoms with E-state index in [0.717, 1.165) is 80.8 Å². The molecule has 0 radical (unpaired) electrons. The van der Waals surface area contributed by atoms with Gasteiger partial charge < -0.3 is 28.7 Å². The van der Waals surface area contributed by atoms with Gasteiger partial charge in [0.15, 0.2) is 0 Å². The molecule has 0 saturated carbocycles. The summed E-state index contributed by atoms with van der Waals surface area (Å²) in [6.07, 6.45) is 0. The highest BCUT2D eigenvalue weighted by Crippen LogP contribution is 2.51. The van der Waals surface area contributed by atoms with Crippen LogP contribution in [0.25, 0.3) is 0 Å². The Bertz CT molecular complexity index is 1870. The number of nitrogens with zero attached hydrogens (tertiary/aromatic N) is 2. The zero-order valence-electron chi connectivity index (χ0n) is 29.2. The number of methoxy groups -OCH3 is 3. The fourth-order valence-electron chi connectivity index (χ4n) is 6.77. The number of aryl methyl sites for hydroxylation is 1. The Hall–Kier alpha value is -5.43. The highest BCUT2D eigenvalue weighted by atomic mass is 16.5. The monoisotopic (exact) mass is 656 g/mol. The summed E-state index contributed by atoms with van der Waals surface area (Å²) in [5.74, 6) is 2.59. The van der Waals surface area contributed by atoms with E-state index in [2.05, 4.69) is 85.2 Å². The molecule has 1 unspecified atom stereocenters. The molecule has 0 amide bonds. The lowest BCUT2D eigenvalue weighted by atomic mass is 9.80. The Morgan fingerprint density at radius 1 is 0.673 bits per heavy atom. The maximum Gasteiger partial charge on any atom is 0.338 e. The fraction of sp³-hybridized carbons (Fsp3) is 0.262. The van der Waals surface area contributed by atoms with Crippen LogP contribution in [0, 0.1) is 6.92 Å². The molecule has 1 atom stereocenters. The second-order valence-corrected chi connectivity index (χ2v) is 12.2. The van der Waals surface area contributed by atoms with E-state index in [1.807, 2.05) is 48.5 Å². The summed E-state index contributed by atoms with van der Waals surface area (Å²) in [6, 6.07) is 35.0. The van der Waals surface area contributed by atoms with Crippen LogP contribution in [0.2, 0.25) is 0 Å². The predicted octanol–water partition coefficient (Wildman–Crippen LogP) is 9.14. The number of ether oxygens (including phenoxy) is 4. The average Bonchev–Trinajstić information content (AvgIpc) is 3.14. The van der Waals surface area contributed by atoms with Gasteiger partial charge in [0.05, 0.1) is 26.9 Å². The van der Waals surface area contributed by atoms with Crippen LogP contribution in [0.4, 0.5) is 11.4 Å². The number of carbonyl (C=O) groups is 1. The fourth-order valence-corrected chi connectivity index (χ4v) is 6.77. The summed E-state index contributed by atoms with van der Waals surface area (Å²) in [5, 5.41) is 0. The van der Waals surface area contributed by atoms with Gasteiger partial charge in [0.1, 0.15) is 23.0 Å². The van der Waals surface area contributed by atoms with Crippen LogP contribution in [0.3, 0.4) is 0 Å². The van der Waals surface area contributed by atoms with E-state index < -0.39 is 0 Å². The highest BCUT2D eigenvalue weighted by molar-refractivity contribution is 5.92. The second-order valence-electron chi connectivity index (χ2n) is 12.2. The van der Waals surface area contributed by atoms with Crippen LogP contribution in [-0.2, 0) is 17.8 Å². The number of benzene rings is 5. The van der Waals surface area contributed by atoms with Gasteiger partial charge in [0, 0.05) is 60.7 Å². The third-order valence-corrected chi connectivity index (χ3v) is 9.38. The molecule has 7 nitrogen and oxygen atoms in total. The topological polar surface area (TPSA) is 60.5 Å². The van der Waals surface area contributed by atoms with E-state index in [1.54, 1.807) is 14.2 Å².